The molecule has 0 amide bonds. The number of nitrogens with one attached hydrogen (secondary N) is 1. The van der Waals surface area contributed by atoms with Crippen LogP contribution in [0, 0.1) is 22.7 Å². The van der Waals surface area contributed by atoms with E-state index in [1.807, 2.05) is 36.4 Å². The minimum Gasteiger partial charge on any atom is -0.360 e. The van der Waals surface area contributed by atoms with E-state index in [0.717, 1.165) is 16.8 Å². The number of pyridine rings is 1. The fourth-order valence-electron chi connectivity index (χ4n) is 1.58. The fraction of sp³-hybridized carbons (Fsp3) is 0. The van der Waals surface area contributed by atoms with E-state index in [9.17, 15) is 0 Å². The summed E-state index contributed by atoms with van der Waals surface area (Å²) in [5, 5.41) is 20.2. The number of benzene rings is 1. The van der Waals surface area contributed by atoms with E-state index >= 15 is 0 Å². The van der Waals surface area contributed by atoms with Crippen LogP contribution in [-0.4, -0.2) is 4.98 Å². The fourth-order valence-corrected chi connectivity index (χ4v) is 1.58. The Morgan fingerprint density at radius 2 is 1.79 bits per heavy atom. The molecule has 0 fully saturated rings. The van der Waals surface area contributed by atoms with Gasteiger partial charge in [-0.25, -0.2) is 0 Å². The van der Waals surface area contributed by atoms with Crippen LogP contribution < -0.4 is 5.32 Å². The monoisotopic (exact) mass is 246 g/mol. The Kier molecular flexibility index (Phi) is 3.90. The average molecular weight is 246 g/mol. The highest BCUT2D eigenvalue weighted by molar-refractivity contribution is 5.68. The molecule has 1 aromatic carbocycles. The molecule has 4 heteroatoms. The SMILES string of the molecule is N#CC(C#N)=CNc1cccc(-c2ccncc2)c1. The van der Waals surface area contributed by atoms with Crippen LogP contribution in [0.15, 0.2) is 60.6 Å². The molecule has 0 saturated heterocycles. The van der Waals surface area contributed by atoms with Crippen LogP contribution >= 0.6 is 0 Å². The molecule has 90 valence electrons. The summed E-state index contributed by atoms with van der Waals surface area (Å²) in [6.45, 7) is 0. The lowest BCUT2D eigenvalue weighted by Crippen LogP contribution is -1.90. The van der Waals surface area contributed by atoms with Gasteiger partial charge in [-0.3, -0.25) is 4.98 Å². The maximum Gasteiger partial charge on any atom is 0.145 e. The largest absolute Gasteiger partial charge is 0.360 e. The maximum atomic E-state index is 8.65. The molecular weight excluding hydrogens is 236 g/mol. The summed E-state index contributed by atoms with van der Waals surface area (Å²) in [5.74, 6) is 0. The Hall–Kier alpha value is -3.11. The Morgan fingerprint density at radius 1 is 1.05 bits per heavy atom. The van der Waals surface area contributed by atoms with Gasteiger partial charge in [-0.05, 0) is 35.4 Å². The van der Waals surface area contributed by atoms with Gasteiger partial charge in [-0.2, -0.15) is 10.5 Å². The zero-order chi connectivity index (χ0) is 13.5. The Balaban J connectivity index is 2.24. The van der Waals surface area contributed by atoms with E-state index in [2.05, 4.69) is 10.3 Å². The number of nitrogens with zero attached hydrogens (tertiary/aromatic N) is 3. The first kappa shape index (κ1) is 12.3. The molecule has 0 unspecified atom stereocenters. The van der Waals surface area contributed by atoms with Gasteiger partial charge in [0.25, 0.3) is 0 Å². The number of anilines is 1. The lowest BCUT2D eigenvalue weighted by Gasteiger charge is -2.05. The molecule has 2 rings (SSSR count). The number of aromatic nitrogens is 1. The number of nitriles is 2. The summed E-state index contributed by atoms with van der Waals surface area (Å²) >= 11 is 0. The Labute approximate surface area is 111 Å². The highest BCUT2D eigenvalue weighted by Crippen LogP contribution is 2.21. The van der Waals surface area contributed by atoms with Gasteiger partial charge in [0, 0.05) is 24.3 Å². The molecule has 1 aromatic heterocycles. The van der Waals surface area contributed by atoms with Crippen molar-refractivity contribution >= 4 is 5.69 Å². The van der Waals surface area contributed by atoms with Crippen LogP contribution in [-0.2, 0) is 0 Å². The molecule has 19 heavy (non-hydrogen) atoms. The number of hydrogen-bond acceptors (Lipinski definition) is 4. The molecule has 0 aliphatic heterocycles. The number of rotatable bonds is 3. The van der Waals surface area contributed by atoms with Gasteiger partial charge in [-0.15, -0.1) is 0 Å². The van der Waals surface area contributed by atoms with Gasteiger partial charge < -0.3 is 5.32 Å². The van der Waals surface area contributed by atoms with Crippen molar-refractivity contribution in [2.75, 3.05) is 5.32 Å². The first-order valence-electron chi connectivity index (χ1n) is 5.61. The van der Waals surface area contributed by atoms with E-state index in [1.54, 1.807) is 24.5 Å². The van der Waals surface area contributed by atoms with Gasteiger partial charge in [0.05, 0.1) is 0 Å². The highest BCUT2D eigenvalue weighted by Gasteiger charge is 1.98. The summed E-state index contributed by atoms with van der Waals surface area (Å²) in [4.78, 5) is 3.98. The van der Waals surface area contributed by atoms with E-state index in [0.29, 0.717) is 0 Å². The third kappa shape index (κ3) is 3.18. The Morgan fingerprint density at radius 3 is 2.47 bits per heavy atom. The summed E-state index contributed by atoms with van der Waals surface area (Å²) in [7, 11) is 0. The smallest absolute Gasteiger partial charge is 0.145 e. The van der Waals surface area contributed by atoms with Gasteiger partial charge in [0.1, 0.15) is 17.7 Å². The van der Waals surface area contributed by atoms with Gasteiger partial charge >= 0.3 is 0 Å². The predicted octanol–water partition coefficient (Wildman–Crippen LogP) is 3.09. The second-order valence-corrected chi connectivity index (χ2v) is 3.74. The second kappa shape index (κ2) is 6.00. The van der Waals surface area contributed by atoms with Gasteiger partial charge in [-0.1, -0.05) is 12.1 Å². The van der Waals surface area contributed by atoms with Crippen LogP contribution in [0.4, 0.5) is 5.69 Å². The quantitative estimate of drug-likeness (QED) is 0.844. The minimum atomic E-state index is 0.0364. The average Bonchev–Trinajstić information content (AvgIpc) is 2.49. The molecule has 0 atom stereocenters. The lowest BCUT2D eigenvalue weighted by molar-refractivity contribution is 1.33. The van der Waals surface area contributed by atoms with Crippen molar-refractivity contribution in [3.8, 4) is 23.3 Å². The molecule has 1 heterocycles. The molecule has 4 nitrogen and oxygen atoms in total. The van der Waals surface area contributed by atoms with Crippen molar-refractivity contribution in [3.63, 3.8) is 0 Å². The maximum absolute atomic E-state index is 8.65. The second-order valence-electron chi connectivity index (χ2n) is 3.74. The molecule has 0 bridgehead atoms. The summed E-state index contributed by atoms with van der Waals surface area (Å²) in [5.41, 5.74) is 2.95. The summed E-state index contributed by atoms with van der Waals surface area (Å²) < 4.78 is 0. The van der Waals surface area contributed by atoms with E-state index < -0.39 is 0 Å². The van der Waals surface area contributed by atoms with E-state index in [4.69, 9.17) is 10.5 Å². The highest BCUT2D eigenvalue weighted by atomic mass is 14.8. The van der Waals surface area contributed by atoms with Crippen molar-refractivity contribution in [2.24, 2.45) is 0 Å². The van der Waals surface area contributed by atoms with Crippen LogP contribution in [0.3, 0.4) is 0 Å². The molecule has 0 aliphatic carbocycles. The third-order valence-corrected chi connectivity index (χ3v) is 2.50. The van der Waals surface area contributed by atoms with E-state index in [-0.39, 0.29) is 5.57 Å². The molecule has 2 aromatic rings. The lowest BCUT2D eigenvalue weighted by atomic mass is 10.1. The van der Waals surface area contributed by atoms with Crippen LogP contribution in [0.25, 0.3) is 11.1 Å². The zero-order valence-electron chi connectivity index (χ0n) is 10.0. The topological polar surface area (TPSA) is 72.5 Å². The molecule has 0 saturated carbocycles. The van der Waals surface area contributed by atoms with Crippen molar-refractivity contribution in [3.05, 3.63) is 60.6 Å². The Bertz CT molecular complexity index is 659. The van der Waals surface area contributed by atoms with Crippen molar-refractivity contribution in [1.82, 2.24) is 4.98 Å². The van der Waals surface area contributed by atoms with Crippen molar-refractivity contribution in [2.45, 2.75) is 0 Å². The molecule has 1 N–H and O–H groups in total. The third-order valence-electron chi connectivity index (χ3n) is 2.50. The molecule has 0 radical (unpaired) electrons. The van der Waals surface area contributed by atoms with Crippen molar-refractivity contribution in [1.29, 1.82) is 10.5 Å². The van der Waals surface area contributed by atoms with Crippen LogP contribution in [0.5, 0.6) is 0 Å². The molecule has 0 spiro atoms. The first-order chi connectivity index (χ1) is 9.33. The molecular formula is C15H10N4. The zero-order valence-corrected chi connectivity index (χ0v) is 10.0. The molecule has 0 aliphatic rings. The van der Waals surface area contributed by atoms with E-state index in [1.165, 1.54) is 6.20 Å². The minimum absolute atomic E-state index is 0.0364. The van der Waals surface area contributed by atoms with Gasteiger partial charge in [0.15, 0.2) is 0 Å². The number of allylic oxidation sites excluding steroid dienone is 1. The first-order valence-corrected chi connectivity index (χ1v) is 5.61. The standard InChI is InChI=1S/C15H10N4/c16-9-12(10-17)11-19-15-3-1-2-14(8-15)13-4-6-18-7-5-13/h1-8,11,19H. The summed E-state index contributed by atoms with van der Waals surface area (Å²) in [6.07, 6.45) is 4.86. The number of hydrogen-bond donors (Lipinski definition) is 1. The van der Waals surface area contributed by atoms with Crippen molar-refractivity contribution < 1.29 is 0 Å². The predicted molar refractivity (Wildman–Crippen MR) is 72.6 cm³/mol. The van der Waals surface area contributed by atoms with Crippen LogP contribution in [0.1, 0.15) is 0 Å². The summed E-state index contributed by atoms with van der Waals surface area (Å²) in [6, 6.07) is 15.1. The van der Waals surface area contributed by atoms with Crippen LogP contribution in [0.2, 0.25) is 0 Å². The van der Waals surface area contributed by atoms with Gasteiger partial charge in [0.2, 0.25) is 0 Å². The normalized spacial score (nSPS) is 8.95.